The summed E-state index contributed by atoms with van der Waals surface area (Å²) in [6.07, 6.45) is -4.34. The van der Waals surface area contributed by atoms with E-state index < -0.39 is 27.6 Å². The minimum atomic E-state index is -4.29. The third-order valence-corrected chi connectivity index (χ3v) is 2.66. The van der Waals surface area contributed by atoms with Gasteiger partial charge >= 0.3 is 6.18 Å². The van der Waals surface area contributed by atoms with E-state index in [2.05, 4.69) is 4.98 Å². The van der Waals surface area contributed by atoms with Crippen LogP contribution in [0.1, 0.15) is 12.2 Å². The Bertz CT molecular complexity index is 478. The van der Waals surface area contributed by atoms with Crippen LogP contribution in [0.25, 0.3) is 0 Å². The number of hydrogen-bond donors (Lipinski definition) is 1. The number of hydrogen-bond acceptors (Lipinski definition) is 3. The van der Waals surface area contributed by atoms with Crippen molar-refractivity contribution >= 4 is 10.0 Å². The van der Waals surface area contributed by atoms with Gasteiger partial charge in [0.15, 0.2) is 5.03 Å². The molecule has 16 heavy (non-hydrogen) atoms. The van der Waals surface area contributed by atoms with Crippen LogP contribution in [0.2, 0.25) is 0 Å². The molecule has 1 rings (SSSR count). The van der Waals surface area contributed by atoms with E-state index in [0.717, 1.165) is 10.8 Å². The van der Waals surface area contributed by atoms with Crippen molar-refractivity contribution in [3.8, 4) is 0 Å². The van der Waals surface area contributed by atoms with Crippen LogP contribution in [0.15, 0.2) is 11.2 Å². The van der Waals surface area contributed by atoms with E-state index in [9.17, 15) is 21.6 Å². The maximum absolute atomic E-state index is 11.9. The van der Waals surface area contributed by atoms with Gasteiger partial charge in [-0.25, -0.2) is 18.5 Å². The SMILES string of the molecule is Cc1nc(S(N)(=O)=O)cn1CCC(F)(F)F. The molecular formula is C7H10F3N3O2S. The summed E-state index contributed by atoms with van der Waals surface area (Å²) in [5, 5.41) is 4.37. The summed E-state index contributed by atoms with van der Waals surface area (Å²) in [5.41, 5.74) is 0. The highest BCUT2D eigenvalue weighted by molar-refractivity contribution is 7.89. The minimum absolute atomic E-state index is 0.174. The first-order valence-electron chi connectivity index (χ1n) is 4.23. The van der Waals surface area contributed by atoms with Gasteiger partial charge in [-0.3, -0.25) is 0 Å². The minimum Gasteiger partial charge on any atom is -0.333 e. The molecule has 0 unspecified atom stereocenters. The van der Waals surface area contributed by atoms with Crippen LogP contribution in [-0.4, -0.2) is 24.1 Å². The van der Waals surface area contributed by atoms with Crippen molar-refractivity contribution in [2.24, 2.45) is 5.14 Å². The summed E-state index contributed by atoms with van der Waals surface area (Å²) in [6, 6.07) is 0. The molecule has 0 aliphatic carbocycles. The maximum atomic E-state index is 11.9. The maximum Gasteiger partial charge on any atom is 0.390 e. The van der Waals surface area contributed by atoms with Crippen molar-refractivity contribution < 1.29 is 21.6 Å². The standard InChI is InChI=1S/C7H10F3N3O2S/c1-5-12-6(16(11,14)15)4-13(5)3-2-7(8,9)10/h4H,2-3H2,1H3,(H2,11,14,15). The fourth-order valence-corrected chi connectivity index (χ4v) is 1.62. The summed E-state index contributed by atoms with van der Waals surface area (Å²) < 4.78 is 58.7. The molecule has 1 aromatic rings. The number of nitrogens with two attached hydrogens (primary N) is 1. The monoisotopic (exact) mass is 257 g/mol. The number of rotatable bonds is 3. The Morgan fingerprint density at radius 1 is 1.50 bits per heavy atom. The smallest absolute Gasteiger partial charge is 0.333 e. The second-order valence-electron chi connectivity index (χ2n) is 3.23. The van der Waals surface area contributed by atoms with E-state index in [0.29, 0.717) is 0 Å². The Hall–Kier alpha value is -1.09. The van der Waals surface area contributed by atoms with Crippen LogP contribution in [0.4, 0.5) is 13.2 Å². The number of nitrogens with zero attached hydrogens (tertiary/aromatic N) is 2. The number of imidazole rings is 1. The topological polar surface area (TPSA) is 78.0 Å². The molecule has 0 aliphatic rings. The Labute approximate surface area is 90.1 Å². The highest BCUT2D eigenvalue weighted by atomic mass is 32.2. The second-order valence-corrected chi connectivity index (χ2v) is 4.74. The molecule has 0 aromatic carbocycles. The molecule has 0 aliphatic heterocycles. The number of aromatic nitrogens is 2. The van der Waals surface area contributed by atoms with Crippen molar-refractivity contribution in [2.45, 2.75) is 31.1 Å². The lowest BCUT2D eigenvalue weighted by atomic mass is 10.4. The molecule has 0 radical (unpaired) electrons. The van der Waals surface area contributed by atoms with Gasteiger partial charge in [-0.1, -0.05) is 0 Å². The summed E-state index contributed by atoms with van der Waals surface area (Å²) in [6.45, 7) is 1.03. The average molecular weight is 257 g/mol. The summed E-state index contributed by atoms with van der Waals surface area (Å²) in [4.78, 5) is 3.57. The molecule has 92 valence electrons. The number of sulfonamides is 1. The van der Waals surface area contributed by atoms with E-state index in [-0.39, 0.29) is 12.4 Å². The molecule has 1 aromatic heterocycles. The molecule has 5 nitrogen and oxygen atoms in total. The van der Waals surface area contributed by atoms with E-state index in [1.807, 2.05) is 0 Å². The Balaban J connectivity index is 2.88. The molecule has 0 fully saturated rings. The van der Waals surface area contributed by atoms with Gasteiger partial charge in [-0.05, 0) is 6.92 Å². The van der Waals surface area contributed by atoms with Gasteiger partial charge in [0.1, 0.15) is 5.82 Å². The molecule has 2 N–H and O–H groups in total. The van der Waals surface area contributed by atoms with Crippen molar-refractivity contribution in [3.05, 3.63) is 12.0 Å². The molecule has 1 heterocycles. The van der Waals surface area contributed by atoms with Gasteiger partial charge in [0.2, 0.25) is 0 Å². The largest absolute Gasteiger partial charge is 0.390 e. The van der Waals surface area contributed by atoms with E-state index in [1.165, 1.54) is 6.92 Å². The van der Waals surface area contributed by atoms with Crippen molar-refractivity contribution in [3.63, 3.8) is 0 Å². The number of alkyl halides is 3. The Kier molecular flexibility index (Phi) is 3.29. The van der Waals surface area contributed by atoms with E-state index >= 15 is 0 Å². The third-order valence-electron chi connectivity index (χ3n) is 1.88. The summed E-state index contributed by atoms with van der Waals surface area (Å²) in [7, 11) is -3.97. The van der Waals surface area contributed by atoms with Crippen molar-refractivity contribution in [1.29, 1.82) is 0 Å². The fourth-order valence-electron chi connectivity index (χ4n) is 1.09. The molecule has 0 amide bonds. The number of aryl methyl sites for hydroxylation is 2. The number of halogens is 3. The molecule has 9 heteroatoms. The van der Waals surface area contributed by atoms with Crippen LogP contribution in [0.3, 0.4) is 0 Å². The van der Waals surface area contributed by atoms with Gasteiger partial charge in [-0.15, -0.1) is 0 Å². The highest BCUT2D eigenvalue weighted by Crippen LogP contribution is 2.21. The van der Waals surface area contributed by atoms with Crippen LogP contribution < -0.4 is 5.14 Å². The second kappa shape index (κ2) is 4.06. The lowest BCUT2D eigenvalue weighted by molar-refractivity contribution is -0.136. The Morgan fingerprint density at radius 2 is 2.06 bits per heavy atom. The predicted molar refractivity (Wildman–Crippen MR) is 49.0 cm³/mol. The molecule has 0 saturated carbocycles. The predicted octanol–water partition coefficient (Wildman–Crippen LogP) is 0.791. The van der Waals surface area contributed by atoms with E-state index in [1.54, 1.807) is 0 Å². The molecule has 0 spiro atoms. The third kappa shape index (κ3) is 3.49. The highest BCUT2D eigenvalue weighted by Gasteiger charge is 2.27. The first-order chi connectivity index (χ1) is 7.09. The zero-order chi connectivity index (χ0) is 12.6. The van der Waals surface area contributed by atoms with Gasteiger partial charge in [0.25, 0.3) is 10.0 Å². The van der Waals surface area contributed by atoms with Gasteiger partial charge in [0.05, 0.1) is 6.42 Å². The van der Waals surface area contributed by atoms with Crippen LogP contribution >= 0.6 is 0 Å². The molecule has 0 atom stereocenters. The molecule has 0 saturated heterocycles. The molecule has 0 bridgehead atoms. The van der Waals surface area contributed by atoms with Gasteiger partial charge in [0, 0.05) is 12.7 Å². The van der Waals surface area contributed by atoms with Crippen LogP contribution in [0.5, 0.6) is 0 Å². The van der Waals surface area contributed by atoms with Crippen LogP contribution in [0, 0.1) is 6.92 Å². The first kappa shape index (κ1) is 13.0. The van der Waals surface area contributed by atoms with Crippen LogP contribution in [-0.2, 0) is 16.6 Å². The lowest BCUT2D eigenvalue weighted by Gasteiger charge is -2.07. The zero-order valence-electron chi connectivity index (χ0n) is 8.32. The number of primary sulfonamides is 1. The average Bonchev–Trinajstić information content (AvgIpc) is 2.41. The molecular weight excluding hydrogens is 247 g/mol. The Morgan fingerprint density at radius 3 is 2.44 bits per heavy atom. The quantitative estimate of drug-likeness (QED) is 0.869. The van der Waals surface area contributed by atoms with Gasteiger partial charge in [-0.2, -0.15) is 13.2 Å². The lowest BCUT2D eigenvalue weighted by Crippen LogP contribution is -2.13. The van der Waals surface area contributed by atoms with Gasteiger partial charge < -0.3 is 4.57 Å². The van der Waals surface area contributed by atoms with Crippen molar-refractivity contribution in [2.75, 3.05) is 0 Å². The van der Waals surface area contributed by atoms with Crippen molar-refractivity contribution in [1.82, 2.24) is 9.55 Å². The normalized spacial score (nSPS) is 13.1. The summed E-state index contributed by atoms with van der Waals surface area (Å²) >= 11 is 0. The summed E-state index contributed by atoms with van der Waals surface area (Å²) in [5.74, 6) is 0.174. The zero-order valence-corrected chi connectivity index (χ0v) is 9.14. The van der Waals surface area contributed by atoms with E-state index in [4.69, 9.17) is 5.14 Å². The first-order valence-corrected chi connectivity index (χ1v) is 5.77. The fraction of sp³-hybridized carbons (Fsp3) is 0.571.